The zero-order valence-electron chi connectivity index (χ0n) is 19.9. The highest BCUT2D eigenvalue weighted by Crippen LogP contribution is 2.54. The molecular formula is C26H37N3O4. The van der Waals surface area contributed by atoms with Gasteiger partial charge in [-0.2, -0.15) is 0 Å². The Balaban J connectivity index is 1.14. The van der Waals surface area contributed by atoms with Crippen LogP contribution in [0.2, 0.25) is 0 Å². The summed E-state index contributed by atoms with van der Waals surface area (Å²) in [6.07, 6.45) is 6.37. The molecule has 0 N–H and O–H groups in total. The number of rotatable bonds is 5. The average Bonchev–Trinajstić information content (AvgIpc) is 3.58. The molecule has 1 aromatic rings. The van der Waals surface area contributed by atoms with Crippen molar-refractivity contribution in [2.75, 3.05) is 44.9 Å². The SMILES string of the molecule is CO[C@@H]1COCC[C@@H]1C[C@@H]1C[C@H]2OCC[C@@]2(C(=O)N2C[C@@H]3C[C@H]2CN3c2cccc(C)n2)C1. The lowest BCUT2D eigenvalue weighted by Crippen LogP contribution is -2.54. The molecule has 5 heterocycles. The number of fused-ring (bicyclic) bond motifs is 3. The number of piperazine rings is 1. The Morgan fingerprint density at radius 1 is 1.24 bits per heavy atom. The number of likely N-dealkylation sites (tertiary alicyclic amines) is 1. The second kappa shape index (κ2) is 8.51. The summed E-state index contributed by atoms with van der Waals surface area (Å²) in [7, 11) is 1.79. The van der Waals surface area contributed by atoms with Gasteiger partial charge in [-0.25, -0.2) is 4.98 Å². The third-order valence-electron chi connectivity index (χ3n) is 9.16. The number of aryl methyl sites for hydroxylation is 1. The summed E-state index contributed by atoms with van der Waals surface area (Å²) >= 11 is 0. The molecule has 1 amide bonds. The topological polar surface area (TPSA) is 64.1 Å². The Hall–Kier alpha value is -1.70. The van der Waals surface area contributed by atoms with Gasteiger partial charge in [0.05, 0.1) is 36.3 Å². The van der Waals surface area contributed by atoms with Crippen LogP contribution in [-0.4, -0.2) is 80.1 Å². The van der Waals surface area contributed by atoms with Gasteiger partial charge in [-0.05, 0) is 69.4 Å². The van der Waals surface area contributed by atoms with E-state index < -0.39 is 0 Å². The smallest absolute Gasteiger partial charge is 0.231 e. The van der Waals surface area contributed by atoms with E-state index in [-0.39, 0.29) is 17.6 Å². The number of nitrogens with zero attached hydrogens (tertiary/aromatic N) is 3. The van der Waals surface area contributed by atoms with Crippen molar-refractivity contribution in [3.63, 3.8) is 0 Å². The third-order valence-corrected chi connectivity index (χ3v) is 9.16. The minimum absolute atomic E-state index is 0.0875. The van der Waals surface area contributed by atoms with Crippen LogP contribution >= 0.6 is 0 Å². The predicted molar refractivity (Wildman–Crippen MR) is 124 cm³/mol. The van der Waals surface area contributed by atoms with Crippen molar-refractivity contribution < 1.29 is 19.0 Å². The number of carbonyl (C=O) groups is 1. The normalized spacial score (nSPS) is 39.9. The lowest BCUT2D eigenvalue weighted by atomic mass is 9.78. The molecule has 2 bridgehead atoms. The van der Waals surface area contributed by atoms with Gasteiger partial charge in [-0.3, -0.25) is 4.79 Å². The van der Waals surface area contributed by atoms with Gasteiger partial charge in [0, 0.05) is 39.1 Å². The van der Waals surface area contributed by atoms with Gasteiger partial charge in [0.15, 0.2) is 0 Å². The van der Waals surface area contributed by atoms with E-state index in [1.54, 1.807) is 7.11 Å². The zero-order valence-corrected chi connectivity index (χ0v) is 19.9. The van der Waals surface area contributed by atoms with E-state index in [0.29, 0.717) is 36.4 Å². The Morgan fingerprint density at radius 2 is 2.15 bits per heavy atom. The first kappa shape index (κ1) is 21.8. The number of hydrogen-bond acceptors (Lipinski definition) is 6. The summed E-state index contributed by atoms with van der Waals surface area (Å²) in [6.45, 7) is 6.01. The van der Waals surface area contributed by atoms with Crippen molar-refractivity contribution in [3.05, 3.63) is 23.9 Å². The molecule has 7 heteroatoms. The fourth-order valence-electron chi connectivity index (χ4n) is 7.53. The molecule has 4 aliphatic heterocycles. The van der Waals surface area contributed by atoms with Crippen LogP contribution in [0.1, 0.15) is 44.2 Å². The standard InChI is InChI=1S/C26H37N3O4/c1-17-4-3-5-24(27-17)28-14-21-12-20(28)15-29(21)25(30)26-7-9-33-23(26)11-18(13-26)10-19-6-8-32-16-22(19)31-2/h3-5,18-23H,6-16H2,1-2H3/t18-,19-,20+,21+,22-,23-,26-/m1/s1. The Morgan fingerprint density at radius 3 is 2.94 bits per heavy atom. The van der Waals surface area contributed by atoms with E-state index in [1.807, 2.05) is 13.0 Å². The number of aromatic nitrogens is 1. The summed E-state index contributed by atoms with van der Waals surface area (Å²) in [6, 6.07) is 6.90. The molecule has 5 aliphatic rings. The summed E-state index contributed by atoms with van der Waals surface area (Å²) in [5.41, 5.74) is 0.736. The van der Waals surface area contributed by atoms with Crippen molar-refractivity contribution in [2.24, 2.45) is 17.3 Å². The van der Waals surface area contributed by atoms with E-state index in [2.05, 4.69) is 21.9 Å². The van der Waals surface area contributed by atoms with E-state index in [1.165, 1.54) is 0 Å². The van der Waals surface area contributed by atoms with Gasteiger partial charge in [-0.15, -0.1) is 0 Å². The first-order chi connectivity index (χ1) is 16.1. The fourth-order valence-corrected chi connectivity index (χ4v) is 7.53. The Labute approximate surface area is 196 Å². The molecule has 0 spiro atoms. The van der Waals surface area contributed by atoms with Crippen LogP contribution in [0.25, 0.3) is 0 Å². The average molecular weight is 456 g/mol. The van der Waals surface area contributed by atoms with Gasteiger partial charge < -0.3 is 24.0 Å². The van der Waals surface area contributed by atoms with Crippen molar-refractivity contribution in [3.8, 4) is 0 Å². The highest BCUT2D eigenvalue weighted by Gasteiger charge is 2.60. The molecule has 4 saturated heterocycles. The van der Waals surface area contributed by atoms with Gasteiger partial charge in [0.25, 0.3) is 0 Å². The lowest BCUT2D eigenvalue weighted by molar-refractivity contribution is -0.145. The Kier molecular flexibility index (Phi) is 5.62. The molecule has 1 aromatic heterocycles. The second-order valence-electron chi connectivity index (χ2n) is 11.0. The molecule has 7 nitrogen and oxygen atoms in total. The van der Waals surface area contributed by atoms with E-state index in [4.69, 9.17) is 19.2 Å². The van der Waals surface area contributed by atoms with Crippen molar-refractivity contribution in [1.29, 1.82) is 0 Å². The maximum atomic E-state index is 14.1. The van der Waals surface area contributed by atoms with Crippen LogP contribution in [0.3, 0.4) is 0 Å². The largest absolute Gasteiger partial charge is 0.379 e. The summed E-state index contributed by atoms with van der Waals surface area (Å²) in [5.74, 6) is 2.48. The molecule has 180 valence electrons. The number of anilines is 1. The van der Waals surface area contributed by atoms with E-state index >= 15 is 0 Å². The number of carbonyl (C=O) groups excluding carboxylic acids is 1. The summed E-state index contributed by atoms with van der Waals surface area (Å²) < 4.78 is 17.5. The molecule has 5 fully saturated rings. The van der Waals surface area contributed by atoms with Crippen LogP contribution in [0.5, 0.6) is 0 Å². The van der Waals surface area contributed by atoms with Gasteiger partial charge >= 0.3 is 0 Å². The molecule has 0 aromatic carbocycles. The van der Waals surface area contributed by atoms with Crippen LogP contribution in [-0.2, 0) is 19.0 Å². The van der Waals surface area contributed by atoms with Crippen LogP contribution < -0.4 is 4.90 Å². The first-order valence-electron chi connectivity index (χ1n) is 12.8. The monoisotopic (exact) mass is 455 g/mol. The number of hydrogen-bond donors (Lipinski definition) is 0. The second-order valence-corrected chi connectivity index (χ2v) is 11.0. The van der Waals surface area contributed by atoms with E-state index in [9.17, 15) is 4.79 Å². The third kappa shape index (κ3) is 3.67. The number of ether oxygens (including phenoxy) is 3. The zero-order chi connectivity index (χ0) is 22.6. The quantitative estimate of drug-likeness (QED) is 0.680. The van der Waals surface area contributed by atoms with Crippen LogP contribution in [0.15, 0.2) is 18.2 Å². The maximum Gasteiger partial charge on any atom is 0.231 e. The number of methoxy groups -OCH3 is 1. The summed E-state index contributed by atoms with van der Waals surface area (Å²) in [5, 5.41) is 0. The summed E-state index contributed by atoms with van der Waals surface area (Å²) in [4.78, 5) is 23.4. The van der Waals surface area contributed by atoms with Gasteiger partial charge in [0.1, 0.15) is 5.82 Å². The lowest BCUT2D eigenvalue weighted by Gasteiger charge is -2.39. The van der Waals surface area contributed by atoms with E-state index in [0.717, 1.165) is 76.3 Å². The minimum Gasteiger partial charge on any atom is -0.379 e. The fraction of sp³-hybridized carbons (Fsp3) is 0.769. The first-order valence-corrected chi connectivity index (χ1v) is 12.8. The molecular weight excluding hydrogens is 418 g/mol. The molecule has 1 saturated carbocycles. The molecule has 0 unspecified atom stereocenters. The Bertz CT molecular complexity index is 896. The molecule has 1 aliphatic carbocycles. The van der Waals surface area contributed by atoms with Crippen molar-refractivity contribution >= 4 is 11.7 Å². The maximum absolute atomic E-state index is 14.1. The molecule has 7 atom stereocenters. The number of pyridine rings is 1. The van der Waals surface area contributed by atoms with Crippen molar-refractivity contribution in [2.45, 2.75) is 69.7 Å². The minimum atomic E-state index is -0.310. The predicted octanol–water partition coefficient (Wildman–Crippen LogP) is 2.81. The van der Waals surface area contributed by atoms with Crippen LogP contribution in [0, 0.1) is 24.2 Å². The molecule has 33 heavy (non-hydrogen) atoms. The van der Waals surface area contributed by atoms with Crippen molar-refractivity contribution in [1.82, 2.24) is 9.88 Å². The van der Waals surface area contributed by atoms with Gasteiger partial charge in [0.2, 0.25) is 5.91 Å². The number of amides is 1. The highest BCUT2D eigenvalue weighted by atomic mass is 16.5. The molecule has 0 radical (unpaired) electrons. The highest BCUT2D eigenvalue weighted by molar-refractivity contribution is 5.85. The van der Waals surface area contributed by atoms with Gasteiger partial charge in [-0.1, -0.05) is 6.07 Å². The molecule has 6 rings (SSSR count). The van der Waals surface area contributed by atoms with Crippen LogP contribution in [0.4, 0.5) is 5.82 Å².